The number of nitrogens with zero attached hydrogens (tertiary/aromatic N) is 2. The van der Waals surface area contributed by atoms with E-state index in [-0.39, 0.29) is 17.7 Å². The van der Waals surface area contributed by atoms with Crippen LogP contribution in [0.1, 0.15) is 26.7 Å². The summed E-state index contributed by atoms with van der Waals surface area (Å²) in [6.45, 7) is 7.94. The minimum absolute atomic E-state index is 0.159. The van der Waals surface area contributed by atoms with E-state index in [9.17, 15) is 4.39 Å². The van der Waals surface area contributed by atoms with Crippen LogP contribution in [0.2, 0.25) is 0 Å². The lowest BCUT2D eigenvalue weighted by Crippen LogP contribution is -2.42. The molecule has 2 unspecified atom stereocenters. The van der Waals surface area contributed by atoms with Crippen LogP contribution in [0.3, 0.4) is 0 Å². The summed E-state index contributed by atoms with van der Waals surface area (Å²) in [7, 11) is 2.04. The van der Waals surface area contributed by atoms with Crippen LogP contribution in [-0.2, 0) is 4.74 Å². The molecule has 5 nitrogen and oxygen atoms in total. The van der Waals surface area contributed by atoms with Crippen LogP contribution < -0.4 is 10.1 Å². The Morgan fingerprint density at radius 1 is 1.44 bits per heavy atom. The summed E-state index contributed by atoms with van der Waals surface area (Å²) in [6.07, 6.45) is 1.70. The highest BCUT2D eigenvalue weighted by atomic mass is 19.1. The second-order valence-corrected chi connectivity index (χ2v) is 6.38. The molecule has 0 radical (unpaired) electrons. The fourth-order valence-electron chi connectivity index (χ4n) is 2.83. The SMILES string of the molecule is CCNC(=NCC(CC)Oc1ccccc1F)N(C)CC1CCOC1. The zero-order chi connectivity index (χ0) is 18.1. The minimum atomic E-state index is -0.338. The van der Waals surface area contributed by atoms with Gasteiger partial charge in [-0.2, -0.15) is 0 Å². The molecule has 0 saturated carbocycles. The van der Waals surface area contributed by atoms with Crippen LogP contribution >= 0.6 is 0 Å². The van der Waals surface area contributed by atoms with E-state index >= 15 is 0 Å². The van der Waals surface area contributed by atoms with E-state index in [0.717, 1.165) is 45.1 Å². The Balaban J connectivity index is 1.96. The van der Waals surface area contributed by atoms with Crippen molar-refractivity contribution in [2.75, 3.05) is 39.9 Å². The Morgan fingerprint density at radius 3 is 2.88 bits per heavy atom. The number of benzene rings is 1. The number of aliphatic imine (C=N–C) groups is 1. The van der Waals surface area contributed by atoms with Crippen molar-refractivity contribution in [2.45, 2.75) is 32.8 Å². The largest absolute Gasteiger partial charge is 0.485 e. The lowest BCUT2D eigenvalue weighted by Gasteiger charge is -2.25. The zero-order valence-corrected chi connectivity index (χ0v) is 15.5. The van der Waals surface area contributed by atoms with Gasteiger partial charge in [-0.05, 0) is 31.9 Å². The van der Waals surface area contributed by atoms with Gasteiger partial charge in [-0.3, -0.25) is 0 Å². The van der Waals surface area contributed by atoms with Crippen molar-refractivity contribution in [1.82, 2.24) is 10.2 Å². The van der Waals surface area contributed by atoms with Gasteiger partial charge in [0, 0.05) is 32.7 Å². The Morgan fingerprint density at radius 2 is 2.24 bits per heavy atom. The van der Waals surface area contributed by atoms with Crippen LogP contribution in [0, 0.1) is 11.7 Å². The average Bonchev–Trinajstić information content (AvgIpc) is 3.11. The van der Waals surface area contributed by atoms with Crippen molar-refractivity contribution < 1.29 is 13.9 Å². The van der Waals surface area contributed by atoms with Crippen molar-refractivity contribution in [3.8, 4) is 5.75 Å². The van der Waals surface area contributed by atoms with Crippen molar-refractivity contribution in [1.29, 1.82) is 0 Å². The highest BCUT2D eigenvalue weighted by Crippen LogP contribution is 2.18. The zero-order valence-electron chi connectivity index (χ0n) is 15.5. The van der Waals surface area contributed by atoms with Gasteiger partial charge in [0.25, 0.3) is 0 Å². The van der Waals surface area contributed by atoms with Gasteiger partial charge in [0.1, 0.15) is 6.10 Å². The fourth-order valence-corrected chi connectivity index (χ4v) is 2.83. The Kier molecular flexibility index (Phi) is 7.98. The van der Waals surface area contributed by atoms with Crippen molar-refractivity contribution in [3.05, 3.63) is 30.1 Å². The standard InChI is InChI=1S/C19H30FN3O2/c1-4-16(25-18-9-7-6-8-17(18)20)12-22-19(21-5-2)23(3)13-15-10-11-24-14-15/h6-9,15-16H,4-5,10-14H2,1-3H3,(H,21,22). The van der Waals surface area contributed by atoms with E-state index in [1.54, 1.807) is 18.2 Å². The van der Waals surface area contributed by atoms with E-state index < -0.39 is 0 Å². The molecule has 1 fully saturated rings. The topological polar surface area (TPSA) is 46.1 Å². The Labute approximate surface area is 150 Å². The second kappa shape index (κ2) is 10.2. The van der Waals surface area contributed by atoms with Crippen LogP contribution in [0.25, 0.3) is 0 Å². The van der Waals surface area contributed by atoms with Crippen LogP contribution in [-0.4, -0.2) is 56.9 Å². The normalized spacial score (nSPS) is 18.9. The van der Waals surface area contributed by atoms with Gasteiger partial charge in [-0.25, -0.2) is 9.38 Å². The first kappa shape index (κ1) is 19.5. The number of hydrogen-bond acceptors (Lipinski definition) is 3. The molecule has 0 aliphatic carbocycles. The van der Waals surface area contributed by atoms with E-state index in [0.29, 0.717) is 12.5 Å². The lowest BCUT2D eigenvalue weighted by molar-refractivity contribution is 0.180. The number of rotatable bonds is 8. The lowest BCUT2D eigenvalue weighted by atomic mass is 10.1. The van der Waals surface area contributed by atoms with Gasteiger partial charge in [-0.1, -0.05) is 19.1 Å². The molecule has 2 atom stereocenters. The third-order valence-corrected chi connectivity index (χ3v) is 4.28. The van der Waals surface area contributed by atoms with Crippen molar-refractivity contribution in [2.24, 2.45) is 10.9 Å². The van der Waals surface area contributed by atoms with Gasteiger partial charge < -0.3 is 19.7 Å². The van der Waals surface area contributed by atoms with E-state index in [4.69, 9.17) is 14.5 Å². The molecule has 1 aromatic rings. The molecule has 2 rings (SSSR count). The predicted molar refractivity (Wildman–Crippen MR) is 98.6 cm³/mol. The molecule has 0 spiro atoms. The molecule has 0 bridgehead atoms. The van der Waals surface area contributed by atoms with Crippen LogP contribution in [0.15, 0.2) is 29.3 Å². The highest BCUT2D eigenvalue weighted by Gasteiger charge is 2.19. The molecular weight excluding hydrogens is 321 g/mol. The monoisotopic (exact) mass is 351 g/mol. The smallest absolute Gasteiger partial charge is 0.193 e. The molecule has 1 aliphatic rings. The molecule has 1 heterocycles. The summed E-state index contributed by atoms with van der Waals surface area (Å²) in [6, 6.07) is 6.49. The van der Waals surface area contributed by atoms with Gasteiger partial charge in [0.15, 0.2) is 17.5 Å². The van der Waals surface area contributed by atoms with Gasteiger partial charge >= 0.3 is 0 Å². The summed E-state index contributed by atoms with van der Waals surface area (Å²) in [5.41, 5.74) is 0. The maximum Gasteiger partial charge on any atom is 0.193 e. The van der Waals surface area contributed by atoms with Crippen molar-refractivity contribution in [3.63, 3.8) is 0 Å². The molecule has 0 aromatic heterocycles. The Hall–Kier alpha value is -1.82. The van der Waals surface area contributed by atoms with Crippen LogP contribution in [0.4, 0.5) is 4.39 Å². The summed E-state index contributed by atoms with van der Waals surface area (Å²) >= 11 is 0. The van der Waals surface area contributed by atoms with Gasteiger partial charge in [0.05, 0.1) is 13.2 Å². The third kappa shape index (κ3) is 6.20. The molecule has 1 saturated heterocycles. The first-order valence-corrected chi connectivity index (χ1v) is 9.12. The predicted octanol–water partition coefficient (Wildman–Crippen LogP) is 2.92. The Bertz CT molecular complexity index is 547. The molecule has 1 N–H and O–H groups in total. The fraction of sp³-hybridized carbons (Fsp3) is 0.632. The summed E-state index contributed by atoms with van der Waals surface area (Å²) in [5.74, 6) is 1.34. The number of nitrogens with one attached hydrogen (secondary N) is 1. The molecule has 0 amide bonds. The molecular formula is C19H30FN3O2. The summed E-state index contributed by atoms with van der Waals surface area (Å²) in [4.78, 5) is 6.83. The third-order valence-electron chi connectivity index (χ3n) is 4.28. The number of para-hydroxylation sites is 1. The second-order valence-electron chi connectivity index (χ2n) is 6.38. The number of halogens is 1. The van der Waals surface area contributed by atoms with Crippen LogP contribution in [0.5, 0.6) is 5.75 Å². The van der Waals surface area contributed by atoms with E-state index in [1.807, 2.05) is 14.0 Å². The molecule has 1 aromatic carbocycles. The first-order valence-electron chi connectivity index (χ1n) is 9.12. The summed E-state index contributed by atoms with van der Waals surface area (Å²) in [5, 5.41) is 3.32. The van der Waals surface area contributed by atoms with Gasteiger partial charge in [-0.15, -0.1) is 0 Å². The van der Waals surface area contributed by atoms with Gasteiger partial charge in [0.2, 0.25) is 0 Å². The quantitative estimate of drug-likeness (QED) is 0.578. The first-order chi connectivity index (χ1) is 12.1. The maximum atomic E-state index is 13.8. The van der Waals surface area contributed by atoms with Crippen molar-refractivity contribution >= 4 is 5.96 Å². The molecule has 25 heavy (non-hydrogen) atoms. The minimum Gasteiger partial charge on any atom is -0.485 e. The average molecular weight is 351 g/mol. The molecule has 1 aliphatic heterocycles. The van der Waals surface area contributed by atoms with E-state index in [2.05, 4.69) is 17.1 Å². The van der Waals surface area contributed by atoms with E-state index in [1.165, 1.54) is 6.07 Å². The molecule has 140 valence electrons. The number of guanidine groups is 1. The highest BCUT2D eigenvalue weighted by molar-refractivity contribution is 5.79. The number of ether oxygens (including phenoxy) is 2. The maximum absolute atomic E-state index is 13.8. The number of hydrogen-bond donors (Lipinski definition) is 1. The summed E-state index contributed by atoms with van der Waals surface area (Å²) < 4.78 is 25.0. The molecule has 6 heteroatoms.